The number of aliphatic hydroxyl groups is 1. The first kappa shape index (κ1) is 9.24. The Hall–Kier alpha value is -0.850. The predicted octanol–water partition coefficient (Wildman–Crippen LogP) is 1.73. The molecular weight excluding hydrogens is 170 g/mol. The van der Waals surface area contributed by atoms with Gasteiger partial charge in [0, 0.05) is 9.75 Å². The van der Waals surface area contributed by atoms with Crippen LogP contribution in [0, 0.1) is 24.2 Å². The average molecular weight is 181 g/mol. The van der Waals surface area contributed by atoms with E-state index in [-0.39, 0.29) is 12.5 Å². The third-order valence-corrected chi connectivity index (χ3v) is 2.67. The standard InChI is InChI=1S/C9H11NOS/c1-7-2-3-9(12-7)4-8(5-10)6-11/h2-3,8,11H,4,6H2,1H3. The molecule has 0 saturated heterocycles. The van der Waals surface area contributed by atoms with Crippen LogP contribution in [-0.4, -0.2) is 11.7 Å². The van der Waals surface area contributed by atoms with Gasteiger partial charge in [-0.15, -0.1) is 11.3 Å². The molecule has 0 fully saturated rings. The lowest BCUT2D eigenvalue weighted by Gasteiger charge is -2.00. The molecule has 0 spiro atoms. The minimum Gasteiger partial charge on any atom is -0.395 e. The van der Waals surface area contributed by atoms with E-state index in [4.69, 9.17) is 10.4 Å². The minimum absolute atomic E-state index is 0.0482. The summed E-state index contributed by atoms with van der Waals surface area (Å²) in [6.07, 6.45) is 0.672. The molecule has 0 aromatic carbocycles. The van der Waals surface area contributed by atoms with Gasteiger partial charge in [0.05, 0.1) is 18.6 Å². The normalized spacial score (nSPS) is 12.4. The summed E-state index contributed by atoms with van der Waals surface area (Å²) in [5.74, 6) is -0.247. The van der Waals surface area contributed by atoms with Crippen LogP contribution in [0.1, 0.15) is 9.75 Å². The predicted molar refractivity (Wildman–Crippen MR) is 48.9 cm³/mol. The maximum absolute atomic E-state index is 8.78. The van der Waals surface area contributed by atoms with Crippen molar-refractivity contribution in [2.45, 2.75) is 13.3 Å². The molecule has 1 N–H and O–H groups in total. The van der Waals surface area contributed by atoms with Crippen molar-refractivity contribution in [3.05, 3.63) is 21.9 Å². The molecule has 0 radical (unpaired) electrons. The van der Waals surface area contributed by atoms with Crippen molar-refractivity contribution in [2.24, 2.45) is 5.92 Å². The molecule has 0 aliphatic carbocycles. The molecule has 0 bridgehead atoms. The van der Waals surface area contributed by atoms with Crippen LogP contribution in [0.15, 0.2) is 12.1 Å². The van der Waals surface area contributed by atoms with Gasteiger partial charge < -0.3 is 5.11 Å². The molecule has 2 nitrogen and oxygen atoms in total. The van der Waals surface area contributed by atoms with Gasteiger partial charge >= 0.3 is 0 Å². The summed E-state index contributed by atoms with van der Waals surface area (Å²) in [4.78, 5) is 2.42. The maximum atomic E-state index is 8.78. The molecular formula is C9H11NOS. The van der Waals surface area contributed by atoms with Crippen LogP contribution in [0.3, 0.4) is 0 Å². The van der Waals surface area contributed by atoms with Crippen LogP contribution >= 0.6 is 11.3 Å². The highest BCUT2D eigenvalue weighted by Gasteiger charge is 2.07. The summed E-state index contributed by atoms with van der Waals surface area (Å²) in [6, 6.07) is 6.11. The lowest BCUT2D eigenvalue weighted by atomic mass is 10.1. The second-order valence-electron chi connectivity index (χ2n) is 2.73. The van der Waals surface area contributed by atoms with Gasteiger partial charge in [-0.3, -0.25) is 0 Å². The van der Waals surface area contributed by atoms with Crippen LogP contribution in [0.25, 0.3) is 0 Å². The Labute approximate surface area is 76.1 Å². The molecule has 1 unspecified atom stereocenters. The molecule has 64 valence electrons. The van der Waals surface area contributed by atoms with E-state index in [1.54, 1.807) is 11.3 Å². The Morgan fingerprint density at radius 3 is 2.83 bits per heavy atom. The van der Waals surface area contributed by atoms with E-state index in [2.05, 4.69) is 6.07 Å². The van der Waals surface area contributed by atoms with E-state index >= 15 is 0 Å². The van der Waals surface area contributed by atoms with Crippen LogP contribution in [0.5, 0.6) is 0 Å². The fourth-order valence-corrected chi connectivity index (χ4v) is 1.96. The summed E-state index contributed by atoms with van der Waals surface area (Å²) >= 11 is 1.68. The zero-order valence-electron chi connectivity index (χ0n) is 6.95. The monoisotopic (exact) mass is 181 g/mol. The molecule has 1 rings (SSSR count). The summed E-state index contributed by atoms with van der Waals surface area (Å²) in [7, 11) is 0. The Morgan fingerprint density at radius 2 is 2.42 bits per heavy atom. The molecule has 0 aliphatic heterocycles. The van der Waals surface area contributed by atoms with Crippen molar-refractivity contribution in [1.82, 2.24) is 0 Å². The van der Waals surface area contributed by atoms with Gasteiger partial charge in [0.1, 0.15) is 0 Å². The molecule has 1 heterocycles. The molecule has 0 aliphatic rings. The SMILES string of the molecule is Cc1ccc(CC(C#N)CO)s1. The van der Waals surface area contributed by atoms with E-state index in [9.17, 15) is 0 Å². The number of nitriles is 1. The largest absolute Gasteiger partial charge is 0.395 e. The fraction of sp³-hybridized carbons (Fsp3) is 0.444. The van der Waals surface area contributed by atoms with Crippen molar-refractivity contribution in [2.75, 3.05) is 6.61 Å². The molecule has 1 aromatic rings. The van der Waals surface area contributed by atoms with Gasteiger partial charge in [0.15, 0.2) is 0 Å². The third kappa shape index (κ3) is 2.33. The number of hydrogen-bond acceptors (Lipinski definition) is 3. The summed E-state index contributed by atoms with van der Waals surface area (Å²) in [6.45, 7) is 1.99. The van der Waals surface area contributed by atoms with E-state index in [0.29, 0.717) is 6.42 Å². The molecule has 0 amide bonds. The van der Waals surface area contributed by atoms with Crippen LogP contribution < -0.4 is 0 Å². The van der Waals surface area contributed by atoms with Crippen molar-refractivity contribution in [3.8, 4) is 6.07 Å². The van der Waals surface area contributed by atoms with Gasteiger partial charge in [-0.25, -0.2) is 0 Å². The highest BCUT2D eigenvalue weighted by Crippen LogP contribution is 2.18. The highest BCUT2D eigenvalue weighted by molar-refractivity contribution is 7.11. The first-order chi connectivity index (χ1) is 5.76. The van der Waals surface area contributed by atoms with Crippen molar-refractivity contribution in [3.63, 3.8) is 0 Å². The highest BCUT2D eigenvalue weighted by atomic mass is 32.1. The smallest absolute Gasteiger partial charge is 0.0742 e. The van der Waals surface area contributed by atoms with Gasteiger partial charge in [0.2, 0.25) is 0 Å². The Bertz CT molecular complexity index is 287. The molecule has 3 heteroatoms. The van der Waals surface area contributed by atoms with Crippen molar-refractivity contribution < 1.29 is 5.11 Å². The second-order valence-corrected chi connectivity index (χ2v) is 4.10. The van der Waals surface area contributed by atoms with Crippen LogP contribution in [0.4, 0.5) is 0 Å². The number of rotatable bonds is 3. The number of aliphatic hydroxyl groups excluding tert-OH is 1. The molecule has 12 heavy (non-hydrogen) atoms. The van der Waals surface area contributed by atoms with Crippen LogP contribution in [0.2, 0.25) is 0 Å². The Kier molecular flexibility index (Phi) is 3.27. The van der Waals surface area contributed by atoms with Gasteiger partial charge in [-0.1, -0.05) is 0 Å². The third-order valence-electron chi connectivity index (χ3n) is 1.65. The Morgan fingerprint density at radius 1 is 1.67 bits per heavy atom. The summed E-state index contributed by atoms with van der Waals surface area (Å²) < 4.78 is 0. The lowest BCUT2D eigenvalue weighted by molar-refractivity contribution is 0.256. The number of aryl methyl sites for hydroxylation is 1. The average Bonchev–Trinajstić information content (AvgIpc) is 2.47. The summed E-state index contributed by atoms with van der Waals surface area (Å²) in [5.41, 5.74) is 0. The summed E-state index contributed by atoms with van der Waals surface area (Å²) in [5, 5.41) is 17.4. The van der Waals surface area contributed by atoms with Crippen molar-refractivity contribution >= 4 is 11.3 Å². The van der Waals surface area contributed by atoms with E-state index < -0.39 is 0 Å². The maximum Gasteiger partial charge on any atom is 0.0742 e. The first-order valence-electron chi connectivity index (χ1n) is 3.82. The van der Waals surface area contributed by atoms with Crippen molar-refractivity contribution in [1.29, 1.82) is 5.26 Å². The molecule has 0 saturated carbocycles. The first-order valence-corrected chi connectivity index (χ1v) is 4.63. The molecule has 1 aromatic heterocycles. The second kappa shape index (κ2) is 4.24. The minimum atomic E-state index is -0.247. The zero-order valence-corrected chi connectivity index (χ0v) is 7.77. The zero-order chi connectivity index (χ0) is 8.97. The topological polar surface area (TPSA) is 44.0 Å². The van der Waals surface area contributed by atoms with E-state index in [1.807, 2.05) is 19.1 Å². The van der Waals surface area contributed by atoms with E-state index in [1.165, 1.54) is 9.75 Å². The van der Waals surface area contributed by atoms with Gasteiger partial charge in [-0.2, -0.15) is 5.26 Å². The Balaban J connectivity index is 2.58. The van der Waals surface area contributed by atoms with Gasteiger partial charge in [0.25, 0.3) is 0 Å². The van der Waals surface area contributed by atoms with Crippen LogP contribution in [-0.2, 0) is 6.42 Å². The lowest BCUT2D eigenvalue weighted by Crippen LogP contribution is -2.05. The van der Waals surface area contributed by atoms with Gasteiger partial charge in [-0.05, 0) is 25.5 Å². The fourth-order valence-electron chi connectivity index (χ4n) is 0.989. The van der Waals surface area contributed by atoms with E-state index in [0.717, 1.165) is 0 Å². The number of nitrogens with zero attached hydrogens (tertiary/aromatic N) is 1. The molecule has 1 atom stereocenters. The quantitative estimate of drug-likeness (QED) is 0.771. The number of thiophene rings is 1. The number of hydrogen-bond donors (Lipinski definition) is 1.